The van der Waals surface area contributed by atoms with Crippen LogP contribution in [0.5, 0.6) is 0 Å². The molecule has 1 heterocycles. The summed E-state index contributed by atoms with van der Waals surface area (Å²) in [4.78, 5) is 15.3. The minimum Gasteiger partial charge on any atom is -0.383 e. The molecule has 0 spiro atoms. The first-order valence-corrected chi connectivity index (χ1v) is 7.44. The van der Waals surface area contributed by atoms with Crippen LogP contribution in [-0.4, -0.2) is 50.4 Å². The van der Waals surface area contributed by atoms with Crippen molar-refractivity contribution < 1.29 is 17.9 Å². The number of hydrogen-bond acceptors (Lipinski definition) is 5. The molecule has 0 radical (unpaired) electrons. The predicted octanol–water partition coefficient (Wildman–Crippen LogP) is -0.334. The Kier molecular flexibility index (Phi) is 5.07. The number of rotatable bonds is 6. The van der Waals surface area contributed by atoms with Crippen molar-refractivity contribution in [2.45, 2.75) is 25.5 Å². The van der Waals surface area contributed by atoms with Crippen LogP contribution in [0.2, 0.25) is 0 Å². The molecule has 8 heteroatoms. The first-order valence-electron chi connectivity index (χ1n) is 5.79. The Morgan fingerprint density at radius 2 is 2.05 bits per heavy atom. The van der Waals surface area contributed by atoms with Crippen molar-refractivity contribution in [1.82, 2.24) is 14.9 Å². The molecule has 0 aliphatic rings. The van der Waals surface area contributed by atoms with Crippen LogP contribution in [0.1, 0.15) is 11.4 Å². The van der Waals surface area contributed by atoms with Gasteiger partial charge in [0.25, 0.3) is 0 Å². The molecule has 1 amide bonds. The fraction of sp³-hybridized carbons (Fsp3) is 0.636. The summed E-state index contributed by atoms with van der Waals surface area (Å²) in [6, 6.07) is 0. The van der Waals surface area contributed by atoms with Crippen LogP contribution in [0.25, 0.3) is 0 Å². The second kappa shape index (κ2) is 6.16. The van der Waals surface area contributed by atoms with E-state index in [0.717, 1.165) is 5.69 Å². The van der Waals surface area contributed by atoms with Crippen LogP contribution < -0.4 is 5.32 Å². The third-order valence-electron chi connectivity index (χ3n) is 2.82. The van der Waals surface area contributed by atoms with Crippen LogP contribution in [0, 0.1) is 13.8 Å². The van der Waals surface area contributed by atoms with Crippen LogP contribution in [0.15, 0.2) is 5.16 Å². The second-order valence-electron chi connectivity index (χ2n) is 4.14. The molecule has 0 aliphatic heterocycles. The van der Waals surface area contributed by atoms with Crippen molar-refractivity contribution in [1.29, 1.82) is 0 Å². The third kappa shape index (κ3) is 3.54. The minimum absolute atomic E-state index is 0.0804. The quantitative estimate of drug-likeness (QED) is 0.774. The van der Waals surface area contributed by atoms with Gasteiger partial charge in [0.2, 0.25) is 20.9 Å². The molecule has 7 nitrogen and oxygen atoms in total. The highest BCUT2D eigenvalue weighted by molar-refractivity contribution is 7.92. The molecule has 1 aromatic heterocycles. The molecule has 19 heavy (non-hydrogen) atoms. The number of ether oxygens (including phenoxy) is 1. The zero-order valence-corrected chi connectivity index (χ0v) is 12.4. The van der Waals surface area contributed by atoms with E-state index in [9.17, 15) is 13.2 Å². The van der Waals surface area contributed by atoms with Gasteiger partial charge in [0.05, 0.1) is 12.3 Å². The number of aromatic nitrogens is 2. The number of imidazole rings is 1. The number of hydrogen-bond donors (Lipinski definition) is 1. The fourth-order valence-electron chi connectivity index (χ4n) is 1.62. The Morgan fingerprint density at radius 3 is 2.58 bits per heavy atom. The van der Waals surface area contributed by atoms with E-state index in [2.05, 4.69) is 10.3 Å². The molecule has 0 atom stereocenters. The van der Waals surface area contributed by atoms with E-state index in [1.165, 1.54) is 14.2 Å². The van der Waals surface area contributed by atoms with Gasteiger partial charge in [0, 0.05) is 26.4 Å². The molecule has 0 aromatic carbocycles. The summed E-state index contributed by atoms with van der Waals surface area (Å²) in [7, 11) is -0.816. The topological polar surface area (TPSA) is 90.3 Å². The molecule has 0 saturated heterocycles. The molecule has 1 N–H and O–H groups in total. The van der Waals surface area contributed by atoms with Crippen molar-refractivity contribution in [3.05, 3.63) is 11.4 Å². The van der Waals surface area contributed by atoms with E-state index in [1.807, 2.05) is 0 Å². The maximum Gasteiger partial charge on any atom is 0.235 e. The van der Waals surface area contributed by atoms with Crippen molar-refractivity contribution >= 4 is 15.7 Å². The SMILES string of the molecule is CNC(=O)CS(=O)(=O)c1nc(C)c(C)n1CCOC. The standard InChI is InChI=1S/C11H19N3O4S/c1-8-9(2)14(5-6-18-4)11(13-8)19(16,17)7-10(15)12-3/h5-7H2,1-4H3,(H,12,15). The van der Waals surface area contributed by atoms with Gasteiger partial charge < -0.3 is 14.6 Å². The maximum atomic E-state index is 12.2. The van der Waals surface area contributed by atoms with Gasteiger partial charge in [-0.3, -0.25) is 4.79 Å². The summed E-state index contributed by atoms with van der Waals surface area (Å²) < 4.78 is 30.9. The first-order chi connectivity index (χ1) is 8.83. The zero-order valence-electron chi connectivity index (χ0n) is 11.6. The Labute approximate surface area is 112 Å². The van der Waals surface area contributed by atoms with Gasteiger partial charge in [-0.05, 0) is 13.8 Å². The lowest BCUT2D eigenvalue weighted by molar-refractivity contribution is -0.118. The lowest BCUT2D eigenvalue weighted by Crippen LogP contribution is -2.28. The number of nitrogens with one attached hydrogen (secondary N) is 1. The molecule has 1 rings (SSSR count). The number of carbonyl (C=O) groups excluding carboxylic acids is 1. The highest BCUT2D eigenvalue weighted by Crippen LogP contribution is 2.16. The molecule has 0 saturated carbocycles. The van der Waals surface area contributed by atoms with Crippen LogP contribution in [0.4, 0.5) is 0 Å². The Morgan fingerprint density at radius 1 is 1.42 bits per heavy atom. The zero-order chi connectivity index (χ0) is 14.6. The summed E-state index contributed by atoms with van der Waals surface area (Å²) in [5.74, 6) is -1.16. The van der Waals surface area contributed by atoms with Crippen LogP contribution >= 0.6 is 0 Å². The molecule has 1 aromatic rings. The van der Waals surface area contributed by atoms with Gasteiger partial charge in [-0.15, -0.1) is 0 Å². The molecule has 0 unspecified atom stereocenters. The largest absolute Gasteiger partial charge is 0.383 e. The monoisotopic (exact) mass is 289 g/mol. The Balaban J connectivity index is 3.18. The lowest BCUT2D eigenvalue weighted by Gasteiger charge is -2.09. The van der Waals surface area contributed by atoms with E-state index >= 15 is 0 Å². The third-order valence-corrected chi connectivity index (χ3v) is 4.33. The van der Waals surface area contributed by atoms with Crippen LogP contribution in [-0.2, 0) is 25.9 Å². The summed E-state index contributed by atoms with van der Waals surface area (Å²) in [6.45, 7) is 4.28. The Hall–Kier alpha value is -1.41. The average molecular weight is 289 g/mol. The highest BCUT2D eigenvalue weighted by Gasteiger charge is 2.26. The van der Waals surface area contributed by atoms with Crippen molar-refractivity contribution in [3.8, 4) is 0 Å². The summed E-state index contributed by atoms with van der Waals surface area (Å²) >= 11 is 0. The van der Waals surface area contributed by atoms with Gasteiger partial charge in [0.1, 0.15) is 5.75 Å². The summed E-state index contributed by atoms with van der Waals surface area (Å²) in [5.41, 5.74) is 1.39. The van der Waals surface area contributed by atoms with E-state index < -0.39 is 21.5 Å². The minimum atomic E-state index is -3.75. The summed E-state index contributed by atoms with van der Waals surface area (Å²) in [5, 5.41) is 2.21. The molecule has 108 valence electrons. The first kappa shape index (κ1) is 15.6. The van der Waals surface area contributed by atoms with Crippen LogP contribution in [0.3, 0.4) is 0 Å². The van der Waals surface area contributed by atoms with Crippen molar-refractivity contribution in [3.63, 3.8) is 0 Å². The fourth-order valence-corrected chi connectivity index (χ4v) is 3.07. The number of methoxy groups -OCH3 is 1. The molecular weight excluding hydrogens is 270 g/mol. The normalized spacial score (nSPS) is 11.6. The van der Waals surface area contributed by atoms with Gasteiger partial charge >= 0.3 is 0 Å². The highest BCUT2D eigenvalue weighted by atomic mass is 32.2. The number of amides is 1. The van der Waals surface area contributed by atoms with E-state index in [1.54, 1.807) is 18.4 Å². The Bertz CT molecular complexity index is 563. The second-order valence-corrected chi connectivity index (χ2v) is 6.03. The number of carbonyl (C=O) groups is 1. The maximum absolute atomic E-state index is 12.2. The van der Waals surface area contributed by atoms with Gasteiger partial charge in [-0.25, -0.2) is 13.4 Å². The number of aryl methyl sites for hydroxylation is 1. The number of nitrogens with zero attached hydrogens (tertiary/aromatic N) is 2. The van der Waals surface area contributed by atoms with Gasteiger partial charge in [0.15, 0.2) is 0 Å². The number of sulfone groups is 1. The van der Waals surface area contributed by atoms with E-state index in [-0.39, 0.29) is 5.16 Å². The van der Waals surface area contributed by atoms with E-state index in [0.29, 0.717) is 18.8 Å². The smallest absolute Gasteiger partial charge is 0.235 e. The average Bonchev–Trinajstić information content (AvgIpc) is 2.63. The summed E-state index contributed by atoms with van der Waals surface area (Å²) in [6.07, 6.45) is 0. The molecule has 0 bridgehead atoms. The molecule has 0 aliphatic carbocycles. The molecular formula is C11H19N3O4S. The van der Waals surface area contributed by atoms with Gasteiger partial charge in [-0.1, -0.05) is 0 Å². The van der Waals surface area contributed by atoms with Crippen molar-refractivity contribution in [2.24, 2.45) is 0 Å². The van der Waals surface area contributed by atoms with E-state index in [4.69, 9.17) is 4.74 Å². The molecule has 0 fully saturated rings. The lowest BCUT2D eigenvalue weighted by atomic mass is 10.4. The van der Waals surface area contributed by atoms with Gasteiger partial charge in [-0.2, -0.15) is 0 Å². The predicted molar refractivity (Wildman–Crippen MR) is 69.7 cm³/mol. The van der Waals surface area contributed by atoms with Crippen molar-refractivity contribution in [2.75, 3.05) is 26.5 Å².